The largest absolute Gasteiger partial charge is 0.390 e. The average Bonchev–Trinajstić information content (AvgIpc) is 2.74. The topological polar surface area (TPSA) is 96.6 Å². The number of para-hydroxylation sites is 1. The Labute approximate surface area is 186 Å². The zero-order valence-corrected chi connectivity index (χ0v) is 18.3. The van der Waals surface area contributed by atoms with Gasteiger partial charge in [0.05, 0.1) is 30.1 Å². The lowest BCUT2D eigenvalue weighted by Crippen LogP contribution is -2.45. The zero-order valence-electron chi connectivity index (χ0n) is 17.5. The van der Waals surface area contributed by atoms with Gasteiger partial charge in [0.2, 0.25) is 5.91 Å². The van der Waals surface area contributed by atoms with E-state index in [9.17, 15) is 19.5 Å². The Hall–Kier alpha value is -2.94. The van der Waals surface area contributed by atoms with Crippen LogP contribution in [0.3, 0.4) is 0 Å². The van der Waals surface area contributed by atoms with E-state index in [1.165, 1.54) is 4.57 Å². The van der Waals surface area contributed by atoms with Gasteiger partial charge in [-0.05, 0) is 24.7 Å². The molecule has 166 valence electrons. The second-order valence-corrected chi connectivity index (χ2v) is 7.39. The smallest absolute Gasteiger partial charge is 0.331 e. The van der Waals surface area contributed by atoms with E-state index < -0.39 is 17.4 Å². The fourth-order valence-corrected chi connectivity index (χ4v) is 3.41. The molecule has 3 aromatic rings. The lowest BCUT2D eigenvalue weighted by Gasteiger charge is -2.21. The van der Waals surface area contributed by atoms with E-state index in [2.05, 4.69) is 5.32 Å². The number of carbonyl (C=O) groups excluding carboxylic acids is 1. The first kappa shape index (κ1) is 24.3. The average molecular weight is 447 g/mol. The molecule has 3 rings (SSSR count). The summed E-state index contributed by atoms with van der Waals surface area (Å²) in [5.41, 5.74) is 0.627. The Kier molecular flexibility index (Phi) is 8.56. The van der Waals surface area contributed by atoms with Crippen molar-refractivity contribution in [3.05, 3.63) is 81.0 Å². The van der Waals surface area contributed by atoms with Crippen LogP contribution in [0, 0.1) is 0 Å². The molecule has 9 heteroatoms. The predicted octanol–water partition coefficient (Wildman–Crippen LogP) is 0.731. The molecule has 8 nitrogen and oxygen atoms in total. The van der Waals surface area contributed by atoms with Crippen molar-refractivity contribution in [1.29, 1.82) is 0 Å². The Morgan fingerprint density at radius 3 is 2.45 bits per heavy atom. The van der Waals surface area contributed by atoms with Crippen molar-refractivity contribution in [1.82, 2.24) is 19.4 Å². The number of halogens is 1. The Balaban J connectivity index is 0.00000341. The van der Waals surface area contributed by atoms with Crippen LogP contribution >= 0.6 is 12.4 Å². The molecule has 0 saturated carbocycles. The number of aliphatic hydroxyl groups is 1. The van der Waals surface area contributed by atoms with Crippen LogP contribution in [0.4, 0.5) is 0 Å². The number of carbonyl (C=O) groups is 1. The van der Waals surface area contributed by atoms with Crippen molar-refractivity contribution in [2.45, 2.75) is 19.2 Å². The van der Waals surface area contributed by atoms with E-state index in [1.54, 1.807) is 43.3 Å². The van der Waals surface area contributed by atoms with Gasteiger partial charge in [-0.2, -0.15) is 0 Å². The standard InChI is InChI=1S/C22H26N4O4.ClH/c1-24(15-20(28)23-12-16-8-4-3-5-9-16)13-17(27)14-26-21(29)18-10-6-7-11-19(18)25(2)22(26)30;/h3-11,17,27H,12-15H2,1-2H3,(H,23,28);1H. The number of nitrogens with one attached hydrogen (secondary N) is 1. The SMILES string of the molecule is CN(CC(=O)NCc1ccccc1)CC(O)Cn1c(=O)c2ccccc2n(C)c1=O.Cl. The Bertz CT molecular complexity index is 1140. The van der Waals surface area contributed by atoms with E-state index in [4.69, 9.17) is 0 Å². The highest BCUT2D eigenvalue weighted by molar-refractivity contribution is 5.85. The molecule has 1 heterocycles. The highest BCUT2D eigenvalue weighted by Gasteiger charge is 2.16. The summed E-state index contributed by atoms with van der Waals surface area (Å²) >= 11 is 0. The van der Waals surface area contributed by atoms with Crippen molar-refractivity contribution in [3.8, 4) is 0 Å². The van der Waals surface area contributed by atoms with Crippen LogP contribution in [0.5, 0.6) is 0 Å². The first-order chi connectivity index (χ1) is 14.4. The maximum Gasteiger partial charge on any atom is 0.331 e. The highest BCUT2D eigenvalue weighted by Crippen LogP contribution is 2.06. The summed E-state index contributed by atoms with van der Waals surface area (Å²) < 4.78 is 2.43. The van der Waals surface area contributed by atoms with Gasteiger partial charge in [-0.1, -0.05) is 42.5 Å². The molecule has 0 bridgehead atoms. The van der Waals surface area contributed by atoms with Crippen LogP contribution in [0.2, 0.25) is 0 Å². The van der Waals surface area contributed by atoms with Gasteiger partial charge < -0.3 is 10.4 Å². The number of benzene rings is 2. The van der Waals surface area contributed by atoms with Gasteiger partial charge >= 0.3 is 5.69 Å². The zero-order chi connectivity index (χ0) is 21.7. The molecular formula is C22H27ClN4O4. The molecular weight excluding hydrogens is 420 g/mol. The number of hydrogen-bond acceptors (Lipinski definition) is 5. The maximum atomic E-state index is 12.7. The molecule has 1 atom stereocenters. The molecule has 0 radical (unpaired) electrons. The third-order valence-corrected chi connectivity index (χ3v) is 4.92. The molecule has 2 aromatic carbocycles. The minimum atomic E-state index is -0.983. The monoisotopic (exact) mass is 446 g/mol. The summed E-state index contributed by atoms with van der Waals surface area (Å²) in [6, 6.07) is 16.4. The van der Waals surface area contributed by atoms with Gasteiger partial charge in [0.25, 0.3) is 5.56 Å². The Morgan fingerprint density at radius 1 is 1.10 bits per heavy atom. The molecule has 1 aromatic heterocycles. The van der Waals surface area contributed by atoms with Gasteiger partial charge in [-0.15, -0.1) is 12.4 Å². The van der Waals surface area contributed by atoms with Gasteiger partial charge in [-0.25, -0.2) is 4.79 Å². The summed E-state index contributed by atoms with van der Waals surface area (Å²) in [6.45, 7) is 0.514. The van der Waals surface area contributed by atoms with E-state index in [1.807, 2.05) is 30.3 Å². The van der Waals surface area contributed by atoms with Crippen molar-refractivity contribution in [2.75, 3.05) is 20.1 Å². The number of rotatable bonds is 8. The number of nitrogens with zero attached hydrogens (tertiary/aromatic N) is 3. The normalized spacial score (nSPS) is 11.9. The van der Waals surface area contributed by atoms with E-state index in [0.29, 0.717) is 17.4 Å². The maximum absolute atomic E-state index is 12.7. The summed E-state index contributed by atoms with van der Waals surface area (Å²) in [6.07, 6.45) is -0.983. The summed E-state index contributed by atoms with van der Waals surface area (Å²) in [7, 11) is 3.29. The van der Waals surface area contributed by atoms with E-state index in [0.717, 1.165) is 10.1 Å². The van der Waals surface area contributed by atoms with Crippen molar-refractivity contribution in [3.63, 3.8) is 0 Å². The minimum absolute atomic E-state index is 0. The van der Waals surface area contributed by atoms with Crippen molar-refractivity contribution < 1.29 is 9.90 Å². The van der Waals surface area contributed by atoms with E-state index in [-0.39, 0.29) is 37.9 Å². The highest BCUT2D eigenvalue weighted by atomic mass is 35.5. The summed E-state index contributed by atoms with van der Waals surface area (Å²) in [4.78, 5) is 39.0. The van der Waals surface area contributed by atoms with Gasteiger partial charge in [0.1, 0.15) is 0 Å². The first-order valence-corrected chi connectivity index (χ1v) is 9.72. The first-order valence-electron chi connectivity index (χ1n) is 9.72. The number of hydrogen-bond donors (Lipinski definition) is 2. The molecule has 0 aliphatic rings. The quantitative estimate of drug-likeness (QED) is 0.531. The second-order valence-electron chi connectivity index (χ2n) is 7.39. The lowest BCUT2D eigenvalue weighted by molar-refractivity contribution is -0.122. The molecule has 2 N–H and O–H groups in total. The number of aliphatic hydroxyl groups excluding tert-OH is 1. The molecule has 0 saturated heterocycles. The van der Waals surface area contributed by atoms with Gasteiger partial charge in [0, 0.05) is 20.1 Å². The summed E-state index contributed by atoms with van der Waals surface area (Å²) in [5.74, 6) is -0.174. The molecule has 1 amide bonds. The molecule has 0 aliphatic carbocycles. The van der Waals surface area contributed by atoms with Crippen molar-refractivity contribution in [2.24, 2.45) is 7.05 Å². The van der Waals surface area contributed by atoms with Gasteiger partial charge in [-0.3, -0.25) is 23.6 Å². The molecule has 0 spiro atoms. The third kappa shape index (κ3) is 6.04. The summed E-state index contributed by atoms with van der Waals surface area (Å²) in [5, 5.41) is 13.7. The van der Waals surface area contributed by atoms with Crippen molar-refractivity contribution >= 4 is 29.2 Å². The van der Waals surface area contributed by atoms with Crippen LogP contribution in [0.25, 0.3) is 10.9 Å². The number of aromatic nitrogens is 2. The fourth-order valence-electron chi connectivity index (χ4n) is 3.41. The number of amides is 1. The minimum Gasteiger partial charge on any atom is -0.390 e. The Morgan fingerprint density at radius 2 is 1.74 bits per heavy atom. The van der Waals surface area contributed by atoms with Crippen LogP contribution < -0.4 is 16.6 Å². The number of aryl methyl sites for hydroxylation is 1. The fraction of sp³-hybridized carbons (Fsp3) is 0.318. The van der Waals surface area contributed by atoms with Gasteiger partial charge in [0.15, 0.2) is 0 Å². The number of likely N-dealkylation sites (N-methyl/N-ethyl adjacent to an activating group) is 1. The molecule has 1 unspecified atom stereocenters. The van der Waals surface area contributed by atoms with Crippen LogP contribution in [0.15, 0.2) is 64.2 Å². The van der Waals surface area contributed by atoms with E-state index >= 15 is 0 Å². The van der Waals surface area contributed by atoms with Crippen LogP contribution in [-0.2, 0) is 24.9 Å². The lowest BCUT2D eigenvalue weighted by atomic mass is 10.2. The van der Waals surface area contributed by atoms with Crippen LogP contribution in [-0.4, -0.2) is 51.3 Å². The molecule has 0 fully saturated rings. The predicted molar refractivity (Wildman–Crippen MR) is 122 cm³/mol. The molecule has 31 heavy (non-hydrogen) atoms. The third-order valence-electron chi connectivity index (χ3n) is 4.92. The number of fused-ring (bicyclic) bond motifs is 1. The van der Waals surface area contributed by atoms with Crippen LogP contribution in [0.1, 0.15) is 5.56 Å². The molecule has 0 aliphatic heterocycles. The second kappa shape index (κ2) is 10.9.